The minimum atomic E-state index is 0.0904. The van der Waals surface area contributed by atoms with Gasteiger partial charge in [0.2, 0.25) is 0 Å². The van der Waals surface area contributed by atoms with Crippen LogP contribution >= 0.6 is 11.6 Å². The van der Waals surface area contributed by atoms with Crippen LogP contribution in [0.1, 0.15) is 30.9 Å². The lowest BCUT2D eigenvalue weighted by Crippen LogP contribution is -2.39. The lowest BCUT2D eigenvalue weighted by Gasteiger charge is -2.31. The Hall–Kier alpha value is -2.06. The number of benzene rings is 2. The van der Waals surface area contributed by atoms with E-state index in [1.807, 2.05) is 65.6 Å². The first-order valence-corrected chi connectivity index (χ1v) is 8.84. The van der Waals surface area contributed by atoms with Crippen molar-refractivity contribution in [2.75, 3.05) is 13.1 Å². The van der Waals surface area contributed by atoms with E-state index in [1.54, 1.807) is 0 Å². The van der Waals surface area contributed by atoms with Crippen LogP contribution in [0.5, 0.6) is 0 Å². The second kappa shape index (κ2) is 7.67. The maximum absolute atomic E-state index is 13.2. The minimum Gasteiger partial charge on any atom is -0.338 e. The third kappa shape index (κ3) is 3.88. The number of halogens is 1. The summed E-state index contributed by atoms with van der Waals surface area (Å²) < 4.78 is 0. The first-order valence-electron chi connectivity index (χ1n) is 8.46. The van der Waals surface area contributed by atoms with Crippen molar-refractivity contribution in [1.29, 1.82) is 0 Å². The number of likely N-dealkylation sites (tertiary alicyclic amines) is 1. The van der Waals surface area contributed by atoms with E-state index in [4.69, 9.17) is 11.6 Å². The maximum atomic E-state index is 13.2. The van der Waals surface area contributed by atoms with Gasteiger partial charge in [0.1, 0.15) is 0 Å². The highest BCUT2D eigenvalue weighted by molar-refractivity contribution is 6.33. The van der Waals surface area contributed by atoms with E-state index in [9.17, 15) is 4.79 Å². The van der Waals surface area contributed by atoms with E-state index in [2.05, 4.69) is 6.92 Å². The average Bonchev–Trinajstić information content (AvgIpc) is 2.61. The number of carbonyl (C=O) groups is 1. The van der Waals surface area contributed by atoms with Crippen molar-refractivity contribution in [1.82, 2.24) is 4.90 Å². The van der Waals surface area contributed by atoms with Crippen molar-refractivity contribution < 1.29 is 4.79 Å². The Labute approximate surface area is 148 Å². The van der Waals surface area contributed by atoms with Crippen LogP contribution in [0.2, 0.25) is 5.02 Å². The molecule has 2 aromatic rings. The van der Waals surface area contributed by atoms with Gasteiger partial charge in [-0.3, -0.25) is 4.79 Å². The SMILES string of the molecule is C[C@H]1CCCN(C(=O)/C(=C/c2ccccc2Cl)c2ccccc2)C1. The molecule has 0 unspecified atom stereocenters. The molecule has 1 saturated heterocycles. The zero-order chi connectivity index (χ0) is 16.9. The molecule has 3 heteroatoms. The standard InChI is InChI=1S/C21H22ClNO/c1-16-8-7-13-23(15-16)21(24)19(17-9-3-2-4-10-17)14-18-11-5-6-12-20(18)22/h2-6,9-12,14,16H,7-8,13,15H2,1H3/b19-14+/t16-/m0/s1. The number of carbonyl (C=O) groups excluding carboxylic acids is 1. The fraction of sp³-hybridized carbons (Fsp3) is 0.286. The molecule has 0 spiro atoms. The van der Waals surface area contributed by atoms with E-state index < -0.39 is 0 Å². The van der Waals surface area contributed by atoms with Crippen molar-refractivity contribution in [3.05, 3.63) is 70.7 Å². The van der Waals surface area contributed by atoms with E-state index in [1.165, 1.54) is 6.42 Å². The maximum Gasteiger partial charge on any atom is 0.254 e. The largest absolute Gasteiger partial charge is 0.338 e. The van der Waals surface area contributed by atoms with Crippen LogP contribution in [-0.2, 0) is 4.79 Å². The molecule has 2 aromatic carbocycles. The van der Waals surface area contributed by atoms with Crippen LogP contribution in [-0.4, -0.2) is 23.9 Å². The molecule has 24 heavy (non-hydrogen) atoms. The Morgan fingerprint density at radius 3 is 2.54 bits per heavy atom. The number of amides is 1. The molecule has 0 saturated carbocycles. The van der Waals surface area contributed by atoms with Crippen LogP contribution in [0.4, 0.5) is 0 Å². The zero-order valence-corrected chi connectivity index (χ0v) is 14.7. The van der Waals surface area contributed by atoms with Gasteiger partial charge in [0.05, 0.1) is 0 Å². The predicted molar refractivity (Wildman–Crippen MR) is 101 cm³/mol. The van der Waals surface area contributed by atoms with Crippen molar-refractivity contribution in [2.45, 2.75) is 19.8 Å². The average molecular weight is 340 g/mol. The second-order valence-corrected chi connectivity index (χ2v) is 6.85. The van der Waals surface area contributed by atoms with E-state index in [-0.39, 0.29) is 5.91 Å². The van der Waals surface area contributed by atoms with E-state index >= 15 is 0 Å². The van der Waals surface area contributed by atoms with Crippen LogP contribution in [0.25, 0.3) is 11.6 Å². The Kier molecular flexibility index (Phi) is 5.37. The fourth-order valence-corrected chi connectivity index (χ4v) is 3.37. The highest BCUT2D eigenvalue weighted by atomic mass is 35.5. The first kappa shape index (κ1) is 16.8. The van der Waals surface area contributed by atoms with Gasteiger partial charge < -0.3 is 4.90 Å². The molecule has 1 fully saturated rings. The molecule has 0 aromatic heterocycles. The van der Waals surface area contributed by atoms with Gasteiger partial charge in [0, 0.05) is 23.7 Å². The molecule has 0 N–H and O–H groups in total. The van der Waals surface area contributed by atoms with Crippen molar-refractivity contribution in [3.8, 4) is 0 Å². The summed E-state index contributed by atoms with van der Waals surface area (Å²) in [5.74, 6) is 0.646. The summed E-state index contributed by atoms with van der Waals surface area (Å²) in [5, 5.41) is 0.658. The molecule has 1 aliphatic rings. The van der Waals surface area contributed by atoms with Gasteiger partial charge in [-0.25, -0.2) is 0 Å². The van der Waals surface area contributed by atoms with Crippen LogP contribution < -0.4 is 0 Å². The summed E-state index contributed by atoms with van der Waals surface area (Å²) in [6.45, 7) is 3.86. The summed E-state index contributed by atoms with van der Waals surface area (Å²) in [6.07, 6.45) is 4.18. The lowest BCUT2D eigenvalue weighted by atomic mass is 9.97. The van der Waals surface area contributed by atoms with Crippen molar-refractivity contribution >= 4 is 29.2 Å². The Bertz CT molecular complexity index is 739. The van der Waals surface area contributed by atoms with E-state index in [0.29, 0.717) is 16.5 Å². The Morgan fingerprint density at radius 1 is 1.12 bits per heavy atom. The van der Waals surface area contributed by atoms with Gasteiger partial charge in [-0.2, -0.15) is 0 Å². The number of hydrogen-bond acceptors (Lipinski definition) is 1. The molecule has 1 heterocycles. The van der Waals surface area contributed by atoms with Gasteiger partial charge >= 0.3 is 0 Å². The quantitative estimate of drug-likeness (QED) is 0.560. The highest BCUT2D eigenvalue weighted by Gasteiger charge is 2.24. The first-order chi connectivity index (χ1) is 11.6. The molecular formula is C21H22ClNO. The van der Waals surface area contributed by atoms with Crippen LogP contribution in [0.3, 0.4) is 0 Å². The minimum absolute atomic E-state index is 0.0904. The number of nitrogens with zero attached hydrogens (tertiary/aromatic N) is 1. The molecule has 0 aliphatic carbocycles. The third-order valence-corrected chi connectivity index (χ3v) is 4.81. The van der Waals surface area contributed by atoms with Gasteiger partial charge in [-0.15, -0.1) is 0 Å². The summed E-state index contributed by atoms with van der Waals surface area (Å²) in [4.78, 5) is 15.2. The van der Waals surface area contributed by atoms with Crippen LogP contribution in [0.15, 0.2) is 54.6 Å². The molecule has 1 atom stereocenters. The van der Waals surface area contributed by atoms with Gasteiger partial charge in [0.25, 0.3) is 5.91 Å². The Balaban J connectivity index is 1.99. The van der Waals surface area contributed by atoms with Gasteiger partial charge in [-0.1, -0.05) is 67.1 Å². The second-order valence-electron chi connectivity index (χ2n) is 6.44. The third-order valence-electron chi connectivity index (χ3n) is 4.46. The monoisotopic (exact) mass is 339 g/mol. The Morgan fingerprint density at radius 2 is 1.83 bits per heavy atom. The number of piperidine rings is 1. The predicted octanol–water partition coefficient (Wildman–Crippen LogP) is 5.14. The molecule has 124 valence electrons. The highest BCUT2D eigenvalue weighted by Crippen LogP contribution is 2.26. The number of rotatable bonds is 3. The summed E-state index contributed by atoms with van der Waals surface area (Å²) >= 11 is 6.30. The zero-order valence-electron chi connectivity index (χ0n) is 13.9. The van der Waals surface area contributed by atoms with Crippen molar-refractivity contribution in [3.63, 3.8) is 0 Å². The number of hydrogen-bond donors (Lipinski definition) is 0. The fourth-order valence-electron chi connectivity index (χ4n) is 3.18. The van der Waals surface area contributed by atoms with Gasteiger partial charge in [0.15, 0.2) is 0 Å². The normalized spacial score (nSPS) is 18.5. The smallest absolute Gasteiger partial charge is 0.254 e. The van der Waals surface area contributed by atoms with Crippen LogP contribution in [0, 0.1) is 5.92 Å². The molecule has 1 amide bonds. The van der Waals surface area contributed by atoms with Crippen molar-refractivity contribution in [2.24, 2.45) is 5.92 Å². The molecule has 3 rings (SSSR count). The molecule has 2 nitrogen and oxygen atoms in total. The van der Waals surface area contributed by atoms with E-state index in [0.717, 1.165) is 30.6 Å². The summed E-state index contributed by atoms with van der Waals surface area (Å²) in [6, 6.07) is 17.5. The van der Waals surface area contributed by atoms with Gasteiger partial charge in [-0.05, 0) is 42.0 Å². The molecule has 1 aliphatic heterocycles. The summed E-state index contributed by atoms with van der Waals surface area (Å²) in [5.41, 5.74) is 2.51. The summed E-state index contributed by atoms with van der Waals surface area (Å²) in [7, 11) is 0. The molecule has 0 radical (unpaired) electrons. The topological polar surface area (TPSA) is 20.3 Å². The molecule has 0 bridgehead atoms. The molecular weight excluding hydrogens is 318 g/mol. The lowest BCUT2D eigenvalue weighted by molar-refractivity contribution is -0.126.